The number of aryl methyl sites for hydroxylation is 1. The van der Waals surface area contributed by atoms with E-state index in [0.717, 1.165) is 27.5 Å². The standard InChI is InChI=1S/C19H21N3O2S2/c1-3-13-16(14-7-6-12-25-14)17-18(26-13)21-15(8-11-24-2)22(19(17)23)10-5-4-9-20/h6-7,12H,3-5,8,10-11H2,1-2H3. The van der Waals surface area contributed by atoms with Gasteiger partial charge in [-0.3, -0.25) is 9.36 Å². The van der Waals surface area contributed by atoms with Gasteiger partial charge in [-0.1, -0.05) is 13.0 Å². The highest BCUT2D eigenvalue weighted by atomic mass is 32.1. The van der Waals surface area contributed by atoms with Crippen LogP contribution in [0.2, 0.25) is 0 Å². The number of hydrogen-bond acceptors (Lipinski definition) is 6. The van der Waals surface area contributed by atoms with E-state index in [1.807, 2.05) is 11.4 Å². The molecular weight excluding hydrogens is 366 g/mol. The lowest BCUT2D eigenvalue weighted by molar-refractivity contribution is 0.199. The molecule has 0 aliphatic rings. The average molecular weight is 388 g/mol. The molecule has 0 aliphatic heterocycles. The molecule has 5 nitrogen and oxygen atoms in total. The van der Waals surface area contributed by atoms with Crippen molar-refractivity contribution in [2.75, 3.05) is 13.7 Å². The minimum absolute atomic E-state index is 0.00149. The summed E-state index contributed by atoms with van der Waals surface area (Å²) in [6.07, 6.45) is 2.52. The van der Waals surface area contributed by atoms with Crippen LogP contribution in [0.5, 0.6) is 0 Å². The molecule has 0 atom stereocenters. The fraction of sp³-hybridized carbons (Fsp3) is 0.421. The van der Waals surface area contributed by atoms with Crippen molar-refractivity contribution in [2.45, 2.75) is 39.2 Å². The Morgan fingerprint density at radius 2 is 2.27 bits per heavy atom. The smallest absolute Gasteiger partial charge is 0.262 e. The van der Waals surface area contributed by atoms with Crippen LogP contribution < -0.4 is 5.56 Å². The first kappa shape index (κ1) is 18.8. The van der Waals surface area contributed by atoms with Crippen LogP contribution in [-0.4, -0.2) is 23.3 Å². The van der Waals surface area contributed by atoms with Crippen molar-refractivity contribution in [3.05, 3.63) is 38.6 Å². The van der Waals surface area contributed by atoms with Crippen LogP contribution in [0, 0.1) is 11.3 Å². The third-order valence-corrected chi connectivity index (χ3v) is 6.37. The van der Waals surface area contributed by atoms with Gasteiger partial charge in [-0.25, -0.2) is 4.98 Å². The molecule has 0 bridgehead atoms. The number of fused-ring (bicyclic) bond motifs is 1. The Balaban J connectivity index is 2.22. The number of methoxy groups -OCH3 is 1. The maximum Gasteiger partial charge on any atom is 0.262 e. The van der Waals surface area contributed by atoms with E-state index in [2.05, 4.69) is 19.1 Å². The fourth-order valence-electron chi connectivity index (χ4n) is 3.03. The van der Waals surface area contributed by atoms with Crippen LogP contribution in [0.3, 0.4) is 0 Å². The molecule has 3 aromatic rings. The number of thiophene rings is 2. The van der Waals surface area contributed by atoms with Crippen LogP contribution in [-0.2, 0) is 24.1 Å². The number of ether oxygens (including phenoxy) is 1. The predicted molar refractivity (Wildman–Crippen MR) is 107 cm³/mol. The van der Waals surface area contributed by atoms with Gasteiger partial charge < -0.3 is 4.74 Å². The summed E-state index contributed by atoms with van der Waals surface area (Å²) in [4.78, 5) is 21.3. The van der Waals surface area contributed by atoms with Crippen molar-refractivity contribution in [3.63, 3.8) is 0 Å². The molecule has 0 fully saturated rings. The third-order valence-electron chi connectivity index (χ3n) is 4.25. The van der Waals surface area contributed by atoms with Gasteiger partial charge in [0.2, 0.25) is 0 Å². The van der Waals surface area contributed by atoms with E-state index in [9.17, 15) is 4.79 Å². The summed E-state index contributed by atoms with van der Waals surface area (Å²) in [7, 11) is 1.64. The molecule has 0 radical (unpaired) electrons. The largest absolute Gasteiger partial charge is 0.384 e. The number of unbranched alkanes of at least 4 members (excludes halogenated alkanes) is 1. The van der Waals surface area contributed by atoms with Gasteiger partial charge in [0.25, 0.3) is 5.56 Å². The van der Waals surface area contributed by atoms with Crippen molar-refractivity contribution in [1.82, 2.24) is 9.55 Å². The lowest BCUT2D eigenvalue weighted by Gasteiger charge is -2.12. The van der Waals surface area contributed by atoms with Gasteiger partial charge in [0.1, 0.15) is 10.7 Å². The van der Waals surface area contributed by atoms with Crippen LogP contribution in [0.4, 0.5) is 0 Å². The summed E-state index contributed by atoms with van der Waals surface area (Å²) >= 11 is 3.26. The lowest BCUT2D eigenvalue weighted by atomic mass is 10.1. The Hall–Kier alpha value is -2.01. The quantitative estimate of drug-likeness (QED) is 0.542. The minimum atomic E-state index is -0.00149. The molecular formula is C19H21N3O2S2. The lowest BCUT2D eigenvalue weighted by Crippen LogP contribution is -2.26. The van der Waals surface area contributed by atoms with Crippen molar-refractivity contribution in [3.8, 4) is 16.5 Å². The first-order chi connectivity index (χ1) is 12.7. The molecule has 0 N–H and O–H groups in total. The van der Waals surface area contributed by atoms with Gasteiger partial charge in [0.15, 0.2) is 0 Å². The second-order valence-corrected chi connectivity index (χ2v) is 7.93. The fourth-order valence-corrected chi connectivity index (χ4v) is 5.04. The molecule has 0 amide bonds. The molecule has 0 spiro atoms. The molecule has 3 rings (SSSR count). The molecule has 26 heavy (non-hydrogen) atoms. The summed E-state index contributed by atoms with van der Waals surface area (Å²) in [6, 6.07) is 6.22. The topological polar surface area (TPSA) is 67.9 Å². The summed E-state index contributed by atoms with van der Waals surface area (Å²) in [6.45, 7) is 3.13. The van der Waals surface area contributed by atoms with E-state index in [0.29, 0.717) is 37.8 Å². The zero-order valence-corrected chi connectivity index (χ0v) is 16.6. The first-order valence-corrected chi connectivity index (χ1v) is 10.4. The van der Waals surface area contributed by atoms with E-state index >= 15 is 0 Å². The number of rotatable bonds is 8. The van der Waals surface area contributed by atoms with Gasteiger partial charge in [0, 0.05) is 41.8 Å². The summed E-state index contributed by atoms with van der Waals surface area (Å²) < 4.78 is 6.92. The summed E-state index contributed by atoms with van der Waals surface area (Å²) in [5, 5.41) is 11.6. The van der Waals surface area contributed by atoms with Gasteiger partial charge in [-0.15, -0.1) is 22.7 Å². The van der Waals surface area contributed by atoms with E-state index in [-0.39, 0.29) is 5.56 Å². The monoisotopic (exact) mass is 387 g/mol. The Bertz CT molecular complexity index is 981. The molecule has 136 valence electrons. The van der Waals surface area contributed by atoms with Gasteiger partial charge in [-0.2, -0.15) is 5.26 Å². The Labute approximate surface area is 160 Å². The second-order valence-electron chi connectivity index (χ2n) is 5.90. The van der Waals surface area contributed by atoms with E-state index in [1.165, 1.54) is 4.88 Å². The molecule has 0 saturated carbocycles. The summed E-state index contributed by atoms with van der Waals surface area (Å²) in [5.74, 6) is 0.740. The highest BCUT2D eigenvalue weighted by molar-refractivity contribution is 7.20. The number of hydrogen-bond donors (Lipinski definition) is 0. The van der Waals surface area contributed by atoms with Gasteiger partial charge >= 0.3 is 0 Å². The third kappa shape index (κ3) is 3.58. The van der Waals surface area contributed by atoms with Crippen LogP contribution in [0.25, 0.3) is 20.7 Å². The summed E-state index contributed by atoms with van der Waals surface area (Å²) in [5.41, 5.74) is 1.03. The number of aromatic nitrogens is 2. The predicted octanol–water partition coefficient (Wildman–Crippen LogP) is 4.24. The molecule has 0 saturated heterocycles. The molecule has 3 heterocycles. The van der Waals surface area contributed by atoms with Crippen molar-refractivity contribution in [1.29, 1.82) is 5.26 Å². The zero-order valence-electron chi connectivity index (χ0n) is 14.9. The van der Waals surface area contributed by atoms with Crippen LogP contribution >= 0.6 is 22.7 Å². The Kier molecular flexibility index (Phi) is 6.20. The van der Waals surface area contributed by atoms with Crippen molar-refractivity contribution in [2.24, 2.45) is 0 Å². The molecule has 3 aromatic heterocycles. The van der Waals surface area contributed by atoms with E-state index < -0.39 is 0 Å². The average Bonchev–Trinajstić information content (AvgIpc) is 3.29. The van der Waals surface area contributed by atoms with Crippen molar-refractivity contribution < 1.29 is 4.74 Å². The minimum Gasteiger partial charge on any atom is -0.384 e. The highest BCUT2D eigenvalue weighted by Crippen LogP contribution is 2.38. The van der Waals surface area contributed by atoms with Gasteiger partial charge in [0.05, 0.1) is 18.1 Å². The van der Waals surface area contributed by atoms with Crippen LogP contribution in [0.1, 0.15) is 30.5 Å². The van der Waals surface area contributed by atoms with Crippen molar-refractivity contribution >= 4 is 32.9 Å². The Morgan fingerprint density at radius 3 is 2.92 bits per heavy atom. The maximum atomic E-state index is 13.4. The van der Waals surface area contributed by atoms with Gasteiger partial charge in [-0.05, 0) is 24.3 Å². The maximum absolute atomic E-state index is 13.4. The Morgan fingerprint density at radius 1 is 1.42 bits per heavy atom. The second kappa shape index (κ2) is 8.58. The van der Waals surface area contributed by atoms with Crippen LogP contribution in [0.15, 0.2) is 22.3 Å². The number of nitrogens with zero attached hydrogens (tertiary/aromatic N) is 3. The molecule has 7 heteroatoms. The first-order valence-electron chi connectivity index (χ1n) is 8.66. The molecule has 0 aliphatic carbocycles. The van der Waals surface area contributed by atoms with E-state index in [1.54, 1.807) is 34.4 Å². The zero-order chi connectivity index (χ0) is 18.5. The normalized spacial score (nSPS) is 11.1. The highest BCUT2D eigenvalue weighted by Gasteiger charge is 2.21. The molecule has 0 aromatic carbocycles. The SMILES string of the molecule is CCc1sc2nc(CCOC)n(CCCC#N)c(=O)c2c1-c1cccs1. The van der Waals surface area contributed by atoms with E-state index in [4.69, 9.17) is 15.0 Å². The molecule has 0 unspecified atom stereocenters. The number of nitriles is 1.